The number of benzene rings is 2. The second-order valence-corrected chi connectivity index (χ2v) is 11.3. The fourth-order valence-corrected chi connectivity index (χ4v) is 6.40. The molecule has 2 aromatic rings. The summed E-state index contributed by atoms with van der Waals surface area (Å²) in [5, 5.41) is 0. The lowest BCUT2D eigenvalue weighted by atomic mass is 9.86. The Balaban J connectivity index is 0.00000294. The van der Waals surface area contributed by atoms with Gasteiger partial charge in [-0.3, -0.25) is 4.90 Å². The van der Waals surface area contributed by atoms with Gasteiger partial charge in [-0.15, -0.1) is 37.2 Å². The molecule has 1 heterocycles. The van der Waals surface area contributed by atoms with Crippen molar-refractivity contribution in [3.63, 3.8) is 0 Å². The monoisotopic (exact) mass is 645 g/mol. The number of hydrogen-bond donors (Lipinski definition) is 0. The van der Waals surface area contributed by atoms with Gasteiger partial charge in [0.1, 0.15) is 5.75 Å². The van der Waals surface area contributed by atoms with Gasteiger partial charge in [-0.25, -0.2) is 0 Å². The lowest BCUT2D eigenvalue weighted by Gasteiger charge is -2.36. The molecule has 2 aliphatic rings. The molecular formula is C33H54Cl3N3O3. The van der Waals surface area contributed by atoms with E-state index in [1.807, 2.05) is 0 Å². The molecule has 4 rings (SSSR count). The Kier molecular flexibility index (Phi) is 18.9. The van der Waals surface area contributed by atoms with Gasteiger partial charge in [0.15, 0.2) is 11.5 Å². The van der Waals surface area contributed by atoms with Gasteiger partial charge in [0.05, 0.1) is 21.3 Å². The van der Waals surface area contributed by atoms with E-state index < -0.39 is 0 Å². The molecule has 2 aromatic carbocycles. The highest BCUT2D eigenvalue weighted by Crippen LogP contribution is 2.38. The van der Waals surface area contributed by atoms with Crippen molar-refractivity contribution in [3.05, 3.63) is 53.1 Å². The molecule has 0 N–H and O–H groups in total. The average Bonchev–Trinajstić information content (AvgIpc) is 2.98. The maximum atomic E-state index is 5.71. The van der Waals surface area contributed by atoms with E-state index in [0.29, 0.717) is 6.04 Å². The van der Waals surface area contributed by atoms with Crippen LogP contribution in [-0.2, 0) is 19.4 Å². The van der Waals surface area contributed by atoms with E-state index in [1.54, 1.807) is 21.3 Å². The summed E-state index contributed by atoms with van der Waals surface area (Å²) >= 11 is 0. The summed E-state index contributed by atoms with van der Waals surface area (Å²) < 4.78 is 16.5. The quantitative estimate of drug-likeness (QED) is 0.196. The molecule has 1 saturated heterocycles. The highest BCUT2D eigenvalue weighted by Gasteiger charge is 2.27. The van der Waals surface area contributed by atoms with Gasteiger partial charge >= 0.3 is 0 Å². The minimum Gasteiger partial charge on any atom is -0.497 e. The minimum absolute atomic E-state index is 0. The molecule has 0 radical (unpaired) electrons. The molecule has 42 heavy (non-hydrogen) atoms. The normalized spacial score (nSPS) is 16.9. The first-order valence-corrected chi connectivity index (χ1v) is 15.2. The van der Waals surface area contributed by atoms with Crippen LogP contribution in [0.1, 0.15) is 62.1 Å². The van der Waals surface area contributed by atoms with Crippen molar-refractivity contribution in [2.24, 2.45) is 0 Å². The number of piperazine rings is 1. The van der Waals surface area contributed by atoms with Crippen molar-refractivity contribution < 1.29 is 14.2 Å². The van der Waals surface area contributed by atoms with Gasteiger partial charge in [0, 0.05) is 44.3 Å². The summed E-state index contributed by atoms with van der Waals surface area (Å²) in [4.78, 5) is 8.01. The molecule has 0 spiro atoms. The number of ether oxygens (including phenoxy) is 3. The molecule has 9 heteroatoms. The molecule has 240 valence electrons. The average molecular weight is 647 g/mol. The summed E-state index contributed by atoms with van der Waals surface area (Å²) in [6.07, 6.45) is 9.95. The third kappa shape index (κ3) is 10.9. The van der Waals surface area contributed by atoms with Crippen LogP contribution in [0.15, 0.2) is 36.4 Å². The van der Waals surface area contributed by atoms with Crippen LogP contribution >= 0.6 is 37.2 Å². The Morgan fingerprint density at radius 3 is 2.10 bits per heavy atom. The molecule has 0 amide bonds. The number of unbranched alkanes of at least 4 members (excludes halogenated alkanes) is 3. The first kappa shape index (κ1) is 38.6. The standard InChI is InChI=1S/C33H51N3O3.3ClH/c1-5-18-36(29-13-16-31-28(25-29)12-17-32(38-3)33(31)39-4)20-9-7-6-8-19-34-21-23-35(24-22-34)26-27-10-14-30(37-2)15-11-27;;;/h10-12,14-15,17,29H,5-9,13,16,18-26H2,1-4H3;3*1H/t29-;;;/m0.../s1. The number of hydrogen-bond acceptors (Lipinski definition) is 6. The second-order valence-electron chi connectivity index (χ2n) is 11.3. The topological polar surface area (TPSA) is 37.4 Å². The SMILES string of the molecule is CCCN(CCCCCCN1CCN(Cc2ccc(OC)cc2)CC1)[C@H]1CCc2c(ccc(OC)c2OC)C1.Cl.Cl.Cl. The van der Waals surface area contributed by atoms with Crippen LogP contribution in [0, 0.1) is 0 Å². The molecule has 0 saturated carbocycles. The van der Waals surface area contributed by atoms with E-state index in [4.69, 9.17) is 14.2 Å². The highest BCUT2D eigenvalue weighted by molar-refractivity contribution is 5.86. The number of nitrogens with zero attached hydrogens (tertiary/aromatic N) is 3. The highest BCUT2D eigenvalue weighted by atomic mass is 35.5. The molecular weight excluding hydrogens is 593 g/mol. The molecule has 1 fully saturated rings. The lowest BCUT2D eigenvalue weighted by Crippen LogP contribution is -2.46. The third-order valence-electron chi connectivity index (χ3n) is 8.66. The van der Waals surface area contributed by atoms with Crippen LogP contribution in [0.2, 0.25) is 0 Å². The Labute approximate surface area is 273 Å². The molecule has 1 aliphatic heterocycles. The molecule has 0 aromatic heterocycles. The van der Waals surface area contributed by atoms with E-state index >= 15 is 0 Å². The Morgan fingerprint density at radius 2 is 1.45 bits per heavy atom. The zero-order valence-corrected chi connectivity index (χ0v) is 28.6. The first-order chi connectivity index (χ1) is 19.1. The molecule has 6 nitrogen and oxygen atoms in total. The summed E-state index contributed by atoms with van der Waals surface area (Å²) in [6, 6.07) is 13.5. The largest absolute Gasteiger partial charge is 0.497 e. The van der Waals surface area contributed by atoms with Crippen LogP contribution < -0.4 is 14.2 Å². The first-order valence-electron chi connectivity index (χ1n) is 15.2. The van der Waals surface area contributed by atoms with Gasteiger partial charge in [0.2, 0.25) is 0 Å². The van der Waals surface area contributed by atoms with Gasteiger partial charge in [-0.1, -0.05) is 38.0 Å². The van der Waals surface area contributed by atoms with Gasteiger partial charge in [-0.2, -0.15) is 0 Å². The van der Waals surface area contributed by atoms with Gasteiger partial charge in [-0.05, 0) is 87.5 Å². The third-order valence-corrected chi connectivity index (χ3v) is 8.66. The Hall–Kier alpha value is -1.41. The maximum absolute atomic E-state index is 5.71. The van der Waals surface area contributed by atoms with Crippen LogP contribution in [0.5, 0.6) is 17.2 Å². The van der Waals surface area contributed by atoms with E-state index in [9.17, 15) is 0 Å². The fourth-order valence-electron chi connectivity index (χ4n) is 6.40. The molecule has 1 aliphatic carbocycles. The molecule has 0 unspecified atom stereocenters. The number of halogens is 3. The van der Waals surface area contributed by atoms with Crippen molar-refractivity contribution in [3.8, 4) is 17.2 Å². The summed E-state index contributed by atoms with van der Waals surface area (Å²) in [5.74, 6) is 2.73. The van der Waals surface area contributed by atoms with E-state index in [2.05, 4.69) is 58.0 Å². The zero-order chi connectivity index (χ0) is 27.5. The summed E-state index contributed by atoms with van der Waals surface area (Å²) in [7, 11) is 5.21. The van der Waals surface area contributed by atoms with E-state index in [1.165, 1.54) is 101 Å². The predicted octanol–water partition coefficient (Wildman–Crippen LogP) is 6.93. The van der Waals surface area contributed by atoms with Gasteiger partial charge < -0.3 is 24.0 Å². The molecule has 0 bridgehead atoms. The Morgan fingerprint density at radius 1 is 0.762 bits per heavy atom. The van der Waals surface area contributed by atoms with Crippen molar-refractivity contribution in [2.45, 2.75) is 70.9 Å². The van der Waals surface area contributed by atoms with Crippen LogP contribution in [0.3, 0.4) is 0 Å². The van der Waals surface area contributed by atoms with Crippen LogP contribution in [-0.4, -0.2) is 87.9 Å². The minimum atomic E-state index is 0. The predicted molar refractivity (Wildman–Crippen MR) is 182 cm³/mol. The maximum Gasteiger partial charge on any atom is 0.164 e. The summed E-state index contributed by atoms with van der Waals surface area (Å²) in [6.45, 7) is 11.8. The van der Waals surface area contributed by atoms with E-state index in [0.717, 1.165) is 36.6 Å². The smallest absolute Gasteiger partial charge is 0.164 e. The van der Waals surface area contributed by atoms with Crippen LogP contribution in [0.4, 0.5) is 0 Å². The van der Waals surface area contributed by atoms with Crippen molar-refractivity contribution >= 4 is 37.2 Å². The molecule has 1 atom stereocenters. The number of rotatable bonds is 15. The van der Waals surface area contributed by atoms with Gasteiger partial charge in [0.25, 0.3) is 0 Å². The summed E-state index contributed by atoms with van der Waals surface area (Å²) in [5.41, 5.74) is 4.17. The number of fused-ring (bicyclic) bond motifs is 1. The van der Waals surface area contributed by atoms with Crippen molar-refractivity contribution in [1.82, 2.24) is 14.7 Å². The lowest BCUT2D eigenvalue weighted by molar-refractivity contribution is 0.125. The number of methoxy groups -OCH3 is 3. The van der Waals surface area contributed by atoms with Crippen molar-refractivity contribution in [2.75, 3.05) is 67.1 Å². The van der Waals surface area contributed by atoms with Crippen LogP contribution in [0.25, 0.3) is 0 Å². The van der Waals surface area contributed by atoms with E-state index in [-0.39, 0.29) is 37.2 Å². The Bertz CT molecular complexity index is 1000. The zero-order valence-electron chi connectivity index (χ0n) is 26.1. The second kappa shape index (κ2) is 20.5. The fraction of sp³-hybridized carbons (Fsp3) is 0.636. The van der Waals surface area contributed by atoms with Crippen molar-refractivity contribution in [1.29, 1.82) is 0 Å².